The van der Waals surface area contributed by atoms with Gasteiger partial charge < -0.3 is 5.32 Å². The van der Waals surface area contributed by atoms with Gasteiger partial charge in [-0.2, -0.15) is 0 Å². The average Bonchev–Trinajstić information content (AvgIpc) is 2.48. The molecule has 0 aliphatic rings. The summed E-state index contributed by atoms with van der Waals surface area (Å²) in [7, 11) is 0. The molecule has 0 saturated carbocycles. The Morgan fingerprint density at radius 2 is 1.85 bits per heavy atom. The van der Waals surface area contributed by atoms with Gasteiger partial charge in [-0.15, -0.1) is 0 Å². The number of halogens is 1. The third kappa shape index (κ3) is 4.21. The molecule has 0 aliphatic carbocycles. The van der Waals surface area contributed by atoms with Gasteiger partial charge in [0.05, 0.1) is 0 Å². The number of pyridine rings is 1. The van der Waals surface area contributed by atoms with Gasteiger partial charge in [0, 0.05) is 29.5 Å². The van der Waals surface area contributed by atoms with Crippen molar-refractivity contribution in [2.75, 3.05) is 0 Å². The van der Waals surface area contributed by atoms with Crippen LogP contribution in [0, 0.1) is 0 Å². The third-order valence-electron chi connectivity index (χ3n) is 2.81. The highest BCUT2D eigenvalue weighted by Crippen LogP contribution is 2.12. The van der Waals surface area contributed by atoms with E-state index in [0.717, 1.165) is 11.1 Å². The molecule has 0 saturated heterocycles. The van der Waals surface area contributed by atoms with Crippen molar-refractivity contribution < 1.29 is 4.79 Å². The van der Waals surface area contributed by atoms with E-state index in [1.54, 1.807) is 31.5 Å². The van der Waals surface area contributed by atoms with Crippen LogP contribution >= 0.6 is 11.6 Å². The van der Waals surface area contributed by atoms with Crippen LogP contribution in [0.1, 0.15) is 18.1 Å². The van der Waals surface area contributed by atoms with Crippen LogP contribution in [0.3, 0.4) is 0 Å². The summed E-state index contributed by atoms with van der Waals surface area (Å²) in [5, 5.41) is 3.55. The Labute approximate surface area is 123 Å². The fraction of sp³-hybridized carbons (Fsp3) is 0.125. The minimum atomic E-state index is -0.0863. The molecule has 0 aliphatic heterocycles. The summed E-state index contributed by atoms with van der Waals surface area (Å²) in [4.78, 5) is 15.9. The fourth-order valence-corrected chi connectivity index (χ4v) is 1.82. The van der Waals surface area contributed by atoms with Crippen LogP contribution in [0.2, 0.25) is 5.02 Å². The SMILES string of the molecule is C/C(=C\c1ccc(Cl)cc1)C(=O)NCc1ccncc1. The van der Waals surface area contributed by atoms with Crippen molar-refractivity contribution in [3.63, 3.8) is 0 Å². The van der Waals surface area contributed by atoms with Crippen molar-refractivity contribution in [1.82, 2.24) is 10.3 Å². The maximum atomic E-state index is 12.0. The van der Waals surface area contributed by atoms with Crippen LogP contribution in [-0.4, -0.2) is 10.9 Å². The first-order valence-corrected chi connectivity index (χ1v) is 6.64. The van der Waals surface area contributed by atoms with E-state index in [1.807, 2.05) is 30.3 Å². The van der Waals surface area contributed by atoms with Crippen LogP contribution < -0.4 is 5.32 Å². The molecule has 0 spiro atoms. The fourth-order valence-electron chi connectivity index (χ4n) is 1.70. The minimum absolute atomic E-state index is 0.0863. The Morgan fingerprint density at radius 1 is 1.20 bits per heavy atom. The summed E-state index contributed by atoms with van der Waals surface area (Å²) < 4.78 is 0. The van der Waals surface area contributed by atoms with Crippen molar-refractivity contribution in [1.29, 1.82) is 0 Å². The van der Waals surface area contributed by atoms with E-state index >= 15 is 0 Å². The number of rotatable bonds is 4. The molecule has 4 heteroatoms. The number of aromatic nitrogens is 1. The highest BCUT2D eigenvalue weighted by molar-refractivity contribution is 6.30. The number of amides is 1. The van der Waals surface area contributed by atoms with E-state index in [0.29, 0.717) is 17.1 Å². The molecule has 102 valence electrons. The maximum absolute atomic E-state index is 12.0. The highest BCUT2D eigenvalue weighted by atomic mass is 35.5. The number of carbonyl (C=O) groups excluding carboxylic acids is 1. The molecule has 3 nitrogen and oxygen atoms in total. The van der Waals surface area contributed by atoms with Crippen molar-refractivity contribution >= 4 is 23.6 Å². The molecule has 2 aromatic rings. The Balaban J connectivity index is 1.96. The van der Waals surface area contributed by atoms with E-state index in [-0.39, 0.29) is 5.91 Å². The zero-order valence-electron chi connectivity index (χ0n) is 11.1. The molecule has 0 fully saturated rings. The van der Waals surface area contributed by atoms with Gasteiger partial charge in [0.15, 0.2) is 0 Å². The summed E-state index contributed by atoms with van der Waals surface area (Å²) >= 11 is 5.82. The van der Waals surface area contributed by atoms with Gasteiger partial charge in [-0.05, 0) is 48.4 Å². The van der Waals surface area contributed by atoms with Crippen LogP contribution in [0.25, 0.3) is 6.08 Å². The third-order valence-corrected chi connectivity index (χ3v) is 3.07. The smallest absolute Gasteiger partial charge is 0.247 e. The molecule has 1 aromatic heterocycles. The number of carbonyl (C=O) groups is 1. The molecule has 1 amide bonds. The van der Waals surface area contributed by atoms with Gasteiger partial charge in [-0.3, -0.25) is 9.78 Å². The largest absolute Gasteiger partial charge is 0.348 e. The lowest BCUT2D eigenvalue weighted by Crippen LogP contribution is -2.23. The number of benzene rings is 1. The second kappa shape index (κ2) is 6.87. The molecule has 0 unspecified atom stereocenters. The normalized spacial score (nSPS) is 11.2. The number of hydrogen-bond acceptors (Lipinski definition) is 2. The maximum Gasteiger partial charge on any atom is 0.247 e. The first kappa shape index (κ1) is 14.3. The van der Waals surface area contributed by atoms with E-state index in [4.69, 9.17) is 11.6 Å². The van der Waals surface area contributed by atoms with E-state index in [1.165, 1.54) is 0 Å². The van der Waals surface area contributed by atoms with Gasteiger partial charge in [-0.1, -0.05) is 23.7 Å². The summed E-state index contributed by atoms with van der Waals surface area (Å²) in [6.07, 6.45) is 5.24. The minimum Gasteiger partial charge on any atom is -0.348 e. The predicted octanol–water partition coefficient (Wildman–Crippen LogP) is 3.45. The lowest BCUT2D eigenvalue weighted by Gasteiger charge is -2.05. The van der Waals surface area contributed by atoms with Crippen molar-refractivity contribution in [2.45, 2.75) is 13.5 Å². The first-order chi connectivity index (χ1) is 9.65. The molecule has 1 N–H and O–H groups in total. The second-order valence-corrected chi connectivity index (χ2v) is 4.85. The topological polar surface area (TPSA) is 42.0 Å². The quantitative estimate of drug-likeness (QED) is 0.875. The Hall–Kier alpha value is -2.13. The van der Waals surface area contributed by atoms with Crippen molar-refractivity contribution in [2.24, 2.45) is 0 Å². The standard InChI is InChI=1S/C16H15ClN2O/c1-12(10-13-2-4-15(17)5-3-13)16(20)19-11-14-6-8-18-9-7-14/h2-10H,11H2,1H3,(H,19,20)/b12-10+. The Bertz CT molecular complexity index is 606. The molecule has 1 aromatic carbocycles. The van der Waals surface area contributed by atoms with Crippen LogP contribution in [0.15, 0.2) is 54.4 Å². The van der Waals surface area contributed by atoms with Crippen molar-refractivity contribution in [3.05, 3.63) is 70.5 Å². The van der Waals surface area contributed by atoms with Gasteiger partial charge in [0.2, 0.25) is 5.91 Å². The summed E-state index contributed by atoms with van der Waals surface area (Å²) in [6, 6.07) is 11.1. The monoisotopic (exact) mass is 286 g/mol. The molecule has 20 heavy (non-hydrogen) atoms. The number of nitrogens with one attached hydrogen (secondary N) is 1. The van der Waals surface area contributed by atoms with Gasteiger partial charge >= 0.3 is 0 Å². The molecule has 2 rings (SSSR count). The zero-order chi connectivity index (χ0) is 14.4. The molecule has 1 heterocycles. The van der Waals surface area contributed by atoms with Gasteiger partial charge in [0.25, 0.3) is 0 Å². The highest BCUT2D eigenvalue weighted by Gasteiger charge is 2.04. The Kier molecular flexibility index (Phi) is 4.91. The van der Waals surface area contributed by atoms with Gasteiger partial charge in [0.1, 0.15) is 0 Å². The lowest BCUT2D eigenvalue weighted by molar-refractivity contribution is -0.117. The average molecular weight is 287 g/mol. The summed E-state index contributed by atoms with van der Waals surface area (Å²) in [6.45, 7) is 2.28. The molecular formula is C16H15ClN2O. The van der Waals surface area contributed by atoms with Crippen molar-refractivity contribution in [3.8, 4) is 0 Å². The number of hydrogen-bond donors (Lipinski definition) is 1. The molecule has 0 radical (unpaired) electrons. The molecular weight excluding hydrogens is 272 g/mol. The first-order valence-electron chi connectivity index (χ1n) is 6.26. The van der Waals surface area contributed by atoms with Crippen LogP contribution in [0.5, 0.6) is 0 Å². The second-order valence-electron chi connectivity index (χ2n) is 4.42. The number of nitrogens with zero attached hydrogens (tertiary/aromatic N) is 1. The lowest BCUT2D eigenvalue weighted by atomic mass is 10.1. The van der Waals surface area contributed by atoms with E-state index in [2.05, 4.69) is 10.3 Å². The van der Waals surface area contributed by atoms with E-state index < -0.39 is 0 Å². The Morgan fingerprint density at radius 3 is 2.50 bits per heavy atom. The zero-order valence-corrected chi connectivity index (χ0v) is 11.9. The molecule has 0 atom stereocenters. The van der Waals surface area contributed by atoms with Crippen LogP contribution in [-0.2, 0) is 11.3 Å². The van der Waals surface area contributed by atoms with Gasteiger partial charge in [-0.25, -0.2) is 0 Å². The summed E-state index contributed by atoms with van der Waals surface area (Å²) in [5.74, 6) is -0.0863. The summed E-state index contributed by atoms with van der Waals surface area (Å²) in [5.41, 5.74) is 2.62. The molecule has 0 bridgehead atoms. The van der Waals surface area contributed by atoms with Crippen LogP contribution in [0.4, 0.5) is 0 Å². The predicted molar refractivity (Wildman–Crippen MR) is 81.2 cm³/mol. The van der Waals surface area contributed by atoms with E-state index in [9.17, 15) is 4.79 Å².